The molecule has 1 fully saturated rings. The summed E-state index contributed by atoms with van der Waals surface area (Å²) in [5.41, 5.74) is 1.31. The van der Waals surface area contributed by atoms with Gasteiger partial charge in [-0.2, -0.15) is 5.10 Å². The Morgan fingerprint density at radius 1 is 1.39 bits per heavy atom. The van der Waals surface area contributed by atoms with E-state index < -0.39 is 10.0 Å². The largest absolute Gasteiger partial charge is 0.334 e. The number of pyridine rings is 1. The van der Waals surface area contributed by atoms with Crippen molar-refractivity contribution in [2.75, 3.05) is 19.3 Å². The number of likely N-dealkylation sites (tertiary alicyclic amines) is 1. The van der Waals surface area contributed by atoms with Gasteiger partial charge in [0.25, 0.3) is 5.91 Å². The maximum atomic E-state index is 12.9. The molecule has 3 heterocycles. The van der Waals surface area contributed by atoms with E-state index in [4.69, 9.17) is 0 Å². The lowest BCUT2D eigenvalue weighted by molar-refractivity contribution is 0.0621. The highest BCUT2D eigenvalue weighted by Gasteiger charge is 2.29. The zero-order chi connectivity index (χ0) is 16.4. The molecule has 1 aliphatic rings. The Labute approximate surface area is 135 Å². The maximum absolute atomic E-state index is 12.9. The van der Waals surface area contributed by atoms with E-state index in [1.807, 2.05) is 18.2 Å². The molecule has 23 heavy (non-hydrogen) atoms. The zero-order valence-electron chi connectivity index (χ0n) is 13.0. The summed E-state index contributed by atoms with van der Waals surface area (Å²) in [6, 6.07) is 5.46. The van der Waals surface area contributed by atoms with Crippen molar-refractivity contribution in [3.8, 4) is 0 Å². The highest BCUT2D eigenvalue weighted by molar-refractivity contribution is 7.88. The van der Waals surface area contributed by atoms with Crippen LogP contribution in [0.3, 0.4) is 0 Å². The number of aromatic nitrogens is 2. The number of fused-ring (bicyclic) bond motifs is 1. The Balaban J connectivity index is 1.83. The molecular weight excluding hydrogens is 316 g/mol. The van der Waals surface area contributed by atoms with E-state index in [1.165, 1.54) is 0 Å². The molecule has 1 unspecified atom stereocenters. The van der Waals surface area contributed by atoms with Gasteiger partial charge in [0.15, 0.2) is 0 Å². The Hall–Kier alpha value is -1.93. The second-order valence-electron chi connectivity index (χ2n) is 5.86. The fraction of sp³-hybridized carbons (Fsp3) is 0.467. The lowest BCUT2D eigenvalue weighted by atomic mass is 10.0. The molecule has 1 atom stereocenters. The monoisotopic (exact) mass is 336 g/mol. The average Bonchev–Trinajstić information content (AvgIpc) is 2.96. The molecule has 0 bridgehead atoms. The lowest BCUT2D eigenvalue weighted by Crippen LogP contribution is -2.49. The first-order valence-electron chi connectivity index (χ1n) is 7.64. The summed E-state index contributed by atoms with van der Waals surface area (Å²) in [5.74, 6) is -0.0915. The standard InChI is InChI=1S/C15H20N4O3S/c1-23(21,22)17-10-12-6-2-4-8-18(12)15(20)13-11-16-19-9-5-3-7-14(13)19/h3,5,7,9,11-12,17H,2,4,6,8,10H2,1H3. The number of piperidine rings is 1. The van der Waals surface area contributed by atoms with Crippen molar-refractivity contribution >= 4 is 21.4 Å². The average molecular weight is 336 g/mol. The van der Waals surface area contributed by atoms with Gasteiger partial charge in [-0.1, -0.05) is 6.07 Å². The molecule has 3 rings (SSSR count). The molecule has 0 spiro atoms. The number of nitrogens with one attached hydrogen (secondary N) is 1. The minimum atomic E-state index is -3.27. The number of amides is 1. The van der Waals surface area contributed by atoms with Crippen molar-refractivity contribution in [1.29, 1.82) is 0 Å². The summed E-state index contributed by atoms with van der Waals surface area (Å²) in [6.45, 7) is 0.892. The molecule has 1 saturated heterocycles. The number of nitrogens with zero attached hydrogens (tertiary/aromatic N) is 3. The highest BCUT2D eigenvalue weighted by Crippen LogP contribution is 2.21. The van der Waals surface area contributed by atoms with Crippen LogP contribution in [0.25, 0.3) is 5.52 Å². The molecule has 0 saturated carbocycles. The van der Waals surface area contributed by atoms with Crippen LogP contribution < -0.4 is 4.72 Å². The van der Waals surface area contributed by atoms with Gasteiger partial charge < -0.3 is 4.90 Å². The van der Waals surface area contributed by atoms with Crippen LogP contribution in [0.1, 0.15) is 29.6 Å². The minimum Gasteiger partial charge on any atom is -0.334 e. The summed E-state index contributed by atoms with van der Waals surface area (Å²) in [4.78, 5) is 14.7. The van der Waals surface area contributed by atoms with Gasteiger partial charge in [0.05, 0.1) is 23.5 Å². The van der Waals surface area contributed by atoms with Crippen LogP contribution in [-0.4, -0.2) is 54.2 Å². The molecule has 124 valence electrons. The van der Waals surface area contributed by atoms with E-state index in [0.717, 1.165) is 31.0 Å². The smallest absolute Gasteiger partial charge is 0.257 e. The van der Waals surface area contributed by atoms with Gasteiger partial charge in [0.1, 0.15) is 0 Å². The van der Waals surface area contributed by atoms with Gasteiger partial charge in [0.2, 0.25) is 10.0 Å². The number of rotatable bonds is 4. The third-order valence-electron chi connectivity index (χ3n) is 4.13. The fourth-order valence-corrected chi connectivity index (χ4v) is 3.48. The maximum Gasteiger partial charge on any atom is 0.257 e. The van der Waals surface area contributed by atoms with E-state index in [1.54, 1.807) is 21.8 Å². The Morgan fingerprint density at radius 3 is 3.00 bits per heavy atom. The molecule has 8 heteroatoms. The van der Waals surface area contributed by atoms with Crippen molar-refractivity contribution in [3.05, 3.63) is 36.2 Å². The van der Waals surface area contributed by atoms with Crippen LogP contribution in [0.15, 0.2) is 30.6 Å². The van der Waals surface area contributed by atoms with Crippen LogP contribution in [-0.2, 0) is 10.0 Å². The van der Waals surface area contributed by atoms with Gasteiger partial charge in [-0.25, -0.2) is 17.7 Å². The number of carbonyl (C=O) groups is 1. The summed E-state index contributed by atoms with van der Waals surface area (Å²) >= 11 is 0. The summed E-state index contributed by atoms with van der Waals surface area (Å²) in [5, 5.41) is 4.20. The summed E-state index contributed by atoms with van der Waals surface area (Å²) in [7, 11) is -3.27. The Morgan fingerprint density at radius 2 is 2.22 bits per heavy atom. The van der Waals surface area contributed by atoms with Crippen LogP contribution >= 0.6 is 0 Å². The van der Waals surface area contributed by atoms with E-state index >= 15 is 0 Å². The summed E-state index contributed by atoms with van der Waals surface area (Å²) < 4.78 is 26.8. The van der Waals surface area contributed by atoms with Gasteiger partial charge in [-0.05, 0) is 31.4 Å². The van der Waals surface area contributed by atoms with Gasteiger partial charge in [-0.3, -0.25) is 4.79 Å². The molecule has 1 amide bonds. The highest BCUT2D eigenvalue weighted by atomic mass is 32.2. The molecule has 7 nitrogen and oxygen atoms in total. The van der Waals surface area contributed by atoms with Crippen molar-refractivity contribution in [2.45, 2.75) is 25.3 Å². The van der Waals surface area contributed by atoms with Crippen LogP contribution in [0, 0.1) is 0 Å². The number of hydrogen-bond donors (Lipinski definition) is 1. The molecule has 1 aliphatic heterocycles. The SMILES string of the molecule is CS(=O)(=O)NCC1CCCCN1C(=O)c1cnn2ccccc12. The number of sulfonamides is 1. The first-order chi connectivity index (χ1) is 11.0. The third kappa shape index (κ3) is 3.53. The third-order valence-corrected chi connectivity index (χ3v) is 4.82. The molecular formula is C15H20N4O3S. The van der Waals surface area contributed by atoms with Crippen LogP contribution in [0.2, 0.25) is 0 Å². The fourth-order valence-electron chi connectivity index (χ4n) is 2.98. The summed E-state index contributed by atoms with van der Waals surface area (Å²) in [6.07, 6.45) is 7.23. The first kappa shape index (κ1) is 15.9. The normalized spacial score (nSPS) is 19.2. The second-order valence-corrected chi connectivity index (χ2v) is 7.69. The number of hydrogen-bond acceptors (Lipinski definition) is 4. The van der Waals surface area contributed by atoms with Crippen molar-refractivity contribution in [3.63, 3.8) is 0 Å². The van der Waals surface area contributed by atoms with E-state index in [-0.39, 0.29) is 18.5 Å². The Kier molecular flexibility index (Phi) is 4.36. The van der Waals surface area contributed by atoms with Crippen molar-refractivity contribution in [2.24, 2.45) is 0 Å². The molecule has 2 aromatic rings. The minimum absolute atomic E-state index is 0.0915. The van der Waals surface area contributed by atoms with E-state index in [2.05, 4.69) is 9.82 Å². The topological polar surface area (TPSA) is 83.8 Å². The molecule has 0 radical (unpaired) electrons. The lowest BCUT2D eigenvalue weighted by Gasteiger charge is -2.35. The Bertz CT molecular complexity index is 815. The van der Waals surface area contributed by atoms with E-state index in [0.29, 0.717) is 12.1 Å². The first-order valence-corrected chi connectivity index (χ1v) is 9.53. The van der Waals surface area contributed by atoms with Crippen LogP contribution in [0.4, 0.5) is 0 Å². The van der Waals surface area contributed by atoms with Gasteiger partial charge in [-0.15, -0.1) is 0 Å². The van der Waals surface area contributed by atoms with E-state index in [9.17, 15) is 13.2 Å². The number of carbonyl (C=O) groups excluding carboxylic acids is 1. The molecule has 0 aromatic carbocycles. The second kappa shape index (κ2) is 6.29. The molecule has 0 aliphatic carbocycles. The van der Waals surface area contributed by atoms with Crippen molar-refractivity contribution in [1.82, 2.24) is 19.2 Å². The van der Waals surface area contributed by atoms with Gasteiger partial charge in [0, 0.05) is 25.3 Å². The van der Waals surface area contributed by atoms with Crippen molar-refractivity contribution < 1.29 is 13.2 Å². The predicted octanol–water partition coefficient (Wildman–Crippen LogP) is 0.878. The van der Waals surface area contributed by atoms with Gasteiger partial charge >= 0.3 is 0 Å². The van der Waals surface area contributed by atoms with Crippen LogP contribution in [0.5, 0.6) is 0 Å². The molecule has 1 N–H and O–H groups in total. The predicted molar refractivity (Wildman–Crippen MR) is 86.7 cm³/mol. The molecule has 2 aromatic heterocycles. The zero-order valence-corrected chi connectivity index (χ0v) is 13.8. The quantitative estimate of drug-likeness (QED) is 0.898.